The minimum Gasteiger partial charge on any atom is -0.325 e. The van der Waals surface area contributed by atoms with Crippen LogP contribution in [0.15, 0.2) is 42.5 Å². The predicted molar refractivity (Wildman–Crippen MR) is 90.5 cm³/mol. The topological polar surface area (TPSA) is 46.2 Å². The first-order valence-corrected chi connectivity index (χ1v) is 8.33. The van der Waals surface area contributed by atoms with Crippen LogP contribution in [-0.2, 0) is 4.79 Å². The summed E-state index contributed by atoms with van der Waals surface area (Å²) in [4.78, 5) is 25.1. The largest absolute Gasteiger partial charge is 0.325 e. The Labute approximate surface area is 135 Å². The van der Waals surface area contributed by atoms with Gasteiger partial charge in [0.1, 0.15) is 0 Å². The molecule has 116 valence electrons. The highest BCUT2D eigenvalue weighted by molar-refractivity contribution is 6.24. The third kappa shape index (κ3) is 2.37. The lowest BCUT2D eigenvalue weighted by Gasteiger charge is -2.21. The number of nitrogens with one attached hydrogen (secondary N) is 1. The summed E-state index contributed by atoms with van der Waals surface area (Å²) in [5.74, 6) is 0.242. The molecule has 0 heterocycles. The second kappa shape index (κ2) is 5.65. The molecule has 0 unspecified atom stereocenters. The molecule has 0 spiro atoms. The number of amides is 1. The van der Waals surface area contributed by atoms with Crippen LogP contribution in [0.25, 0.3) is 11.1 Å². The van der Waals surface area contributed by atoms with Gasteiger partial charge in [-0.3, -0.25) is 9.59 Å². The van der Waals surface area contributed by atoms with E-state index in [0.29, 0.717) is 5.56 Å². The fourth-order valence-corrected chi connectivity index (χ4v) is 3.78. The zero-order valence-corrected chi connectivity index (χ0v) is 13.0. The maximum absolute atomic E-state index is 12.6. The van der Waals surface area contributed by atoms with Crippen molar-refractivity contribution in [3.05, 3.63) is 53.6 Å². The molecule has 1 N–H and O–H groups in total. The van der Waals surface area contributed by atoms with Crippen molar-refractivity contribution in [1.29, 1.82) is 0 Å². The summed E-state index contributed by atoms with van der Waals surface area (Å²) in [6.07, 6.45) is 5.43. The van der Waals surface area contributed by atoms with Crippen molar-refractivity contribution in [2.24, 2.45) is 5.92 Å². The van der Waals surface area contributed by atoms with Gasteiger partial charge in [0, 0.05) is 28.3 Å². The van der Waals surface area contributed by atoms with E-state index in [9.17, 15) is 9.59 Å². The van der Waals surface area contributed by atoms with Crippen molar-refractivity contribution in [2.45, 2.75) is 32.1 Å². The van der Waals surface area contributed by atoms with Crippen molar-refractivity contribution in [2.75, 3.05) is 5.32 Å². The molecule has 0 bridgehead atoms. The summed E-state index contributed by atoms with van der Waals surface area (Å²) >= 11 is 0. The number of hydrogen-bond donors (Lipinski definition) is 1. The molecular formula is C20H19NO2. The minimum atomic E-state index is 0.0457. The van der Waals surface area contributed by atoms with Gasteiger partial charge in [-0.1, -0.05) is 55.7 Å². The molecule has 1 amide bonds. The molecule has 4 rings (SSSR count). The first-order valence-electron chi connectivity index (χ1n) is 8.33. The van der Waals surface area contributed by atoms with Gasteiger partial charge in [0.15, 0.2) is 5.78 Å². The number of rotatable bonds is 2. The highest BCUT2D eigenvalue weighted by atomic mass is 16.2. The SMILES string of the molecule is O=C1c2ccccc2-c2c(NC(=O)C3CCCCC3)cccc21. The van der Waals surface area contributed by atoms with Crippen LogP contribution in [0.4, 0.5) is 5.69 Å². The number of benzene rings is 2. The highest BCUT2D eigenvalue weighted by Gasteiger charge is 2.29. The second-order valence-electron chi connectivity index (χ2n) is 6.43. The average molecular weight is 305 g/mol. The van der Waals surface area contributed by atoms with Crippen LogP contribution in [0, 0.1) is 5.92 Å². The Morgan fingerprint density at radius 2 is 1.57 bits per heavy atom. The van der Waals surface area contributed by atoms with E-state index in [4.69, 9.17) is 0 Å². The van der Waals surface area contributed by atoms with E-state index in [0.717, 1.165) is 48.1 Å². The van der Waals surface area contributed by atoms with Gasteiger partial charge in [-0.15, -0.1) is 0 Å². The van der Waals surface area contributed by atoms with Gasteiger partial charge < -0.3 is 5.32 Å². The van der Waals surface area contributed by atoms with Crippen LogP contribution in [0.5, 0.6) is 0 Å². The molecule has 2 aromatic rings. The third-order valence-corrected chi connectivity index (χ3v) is 4.98. The third-order valence-electron chi connectivity index (χ3n) is 4.98. The first-order chi connectivity index (χ1) is 11.3. The molecule has 2 aliphatic rings. The molecule has 3 heteroatoms. The van der Waals surface area contributed by atoms with E-state index < -0.39 is 0 Å². The van der Waals surface area contributed by atoms with Gasteiger partial charge >= 0.3 is 0 Å². The minimum absolute atomic E-state index is 0.0457. The number of carbonyl (C=O) groups excluding carboxylic acids is 2. The van der Waals surface area contributed by atoms with Crippen molar-refractivity contribution in [3.63, 3.8) is 0 Å². The first kappa shape index (κ1) is 14.2. The molecular weight excluding hydrogens is 286 g/mol. The summed E-state index contributed by atoms with van der Waals surface area (Å²) in [6, 6.07) is 13.2. The Kier molecular flexibility index (Phi) is 3.49. The Morgan fingerprint density at radius 3 is 2.35 bits per heavy atom. The Hall–Kier alpha value is -2.42. The number of fused-ring (bicyclic) bond motifs is 3. The van der Waals surface area contributed by atoms with E-state index >= 15 is 0 Å². The van der Waals surface area contributed by atoms with Crippen LogP contribution in [0.1, 0.15) is 48.0 Å². The van der Waals surface area contributed by atoms with Crippen molar-refractivity contribution < 1.29 is 9.59 Å². The smallest absolute Gasteiger partial charge is 0.227 e. The summed E-state index contributed by atoms with van der Waals surface area (Å²) in [5.41, 5.74) is 3.97. The van der Waals surface area contributed by atoms with Gasteiger partial charge in [-0.05, 0) is 24.5 Å². The molecule has 23 heavy (non-hydrogen) atoms. The van der Waals surface area contributed by atoms with Crippen molar-refractivity contribution in [1.82, 2.24) is 0 Å². The average Bonchev–Trinajstić information content (AvgIpc) is 2.90. The van der Waals surface area contributed by atoms with Gasteiger partial charge in [0.05, 0.1) is 0 Å². The van der Waals surface area contributed by atoms with E-state index in [-0.39, 0.29) is 17.6 Å². The Morgan fingerprint density at radius 1 is 0.870 bits per heavy atom. The zero-order chi connectivity index (χ0) is 15.8. The molecule has 2 aromatic carbocycles. The number of anilines is 1. The lowest BCUT2D eigenvalue weighted by molar-refractivity contribution is -0.120. The van der Waals surface area contributed by atoms with E-state index in [1.165, 1.54) is 6.42 Å². The lowest BCUT2D eigenvalue weighted by atomic mass is 9.88. The molecule has 0 saturated heterocycles. The standard InChI is InChI=1S/C20H19NO2/c22-19-15-10-5-4-9-14(15)18-16(19)11-6-12-17(18)21-20(23)13-7-2-1-3-8-13/h4-6,9-13H,1-3,7-8H2,(H,21,23). The normalized spacial score (nSPS) is 16.8. The molecule has 0 atom stereocenters. The van der Waals surface area contributed by atoms with E-state index in [1.54, 1.807) is 0 Å². The molecule has 3 nitrogen and oxygen atoms in total. The number of ketones is 1. The maximum atomic E-state index is 12.6. The van der Waals surface area contributed by atoms with Crippen LogP contribution >= 0.6 is 0 Å². The summed E-state index contributed by atoms with van der Waals surface area (Å²) < 4.78 is 0. The lowest BCUT2D eigenvalue weighted by Crippen LogP contribution is -2.25. The predicted octanol–water partition coefficient (Wildman–Crippen LogP) is 4.42. The summed E-state index contributed by atoms with van der Waals surface area (Å²) in [7, 11) is 0. The van der Waals surface area contributed by atoms with E-state index in [1.807, 2.05) is 42.5 Å². The summed E-state index contributed by atoms with van der Waals surface area (Å²) in [6.45, 7) is 0. The quantitative estimate of drug-likeness (QED) is 0.762. The highest BCUT2D eigenvalue weighted by Crippen LogP contribution is 2.41. The van der Waals surface area contributed by atoms with Crippen LogP contribution < -0.4 is 5.32 Å². The Bertz CT molecular complexity index is 788. The van der Waals surface area contributed by atoms with Crippen LogP contribution in [0.3, 0.4) is 0 Å². The molecule has 2 aliphatic carbocycles. The zero-order valence-electron chi connectivity index (χ0n) is 13.0. The molecule has 0 radical (unpaired) electrons. The van der Waals surface area contributed by atoms with Crippen LogP contribution in [-0.4, -0.2) is 11.7 Å². The van der Waals surface area contributed by atoms with E-state index in [2.05, 4.69) is 5.32 Å². The summed E-state index contributed by atoms with van der Waals surface area (Å²) in [5, 5.41) is 3.08. The number of carbonyl (C=O) groups is 2. The second-order valence-corrected chi connectivity index (χ2v) is 6.43. The van der Waals surface area contributed by atoms with Crippen molar-refractivity contribution in [3.8, 4) is 11.1 Å². The fourth-order valence-electron chi connectivity index (χ4n) is 3.78. The molecule has 1 fully saturated rings. The number of hydrogen-bond acceptors (Lipinski definition) is 2. The molecule has 0 aromatic heterocycles. The van der Waals surface area contributed by atoms with Gasteiger partial charge in [-0.2, -0.15) is 0 Å². The van der Waals surface area contributed by atoms with Gasteiger partial charge in [-0.25, -0.2) is 0 Å². The fraction of sp³-hybridized carbons (Fsp3) is 0.300. The van der Waals surface area contributed by atoms with Crippen molar-refractivity contribution >= 4 is 17.4 Å². The monoisotopic (exact) mass is 305 g/mol. The van der Waals surface area contributed by atoms with Gasteiger partial charge in [0.25, 0.3) is 0 Å². The molecule has 0 aliphatic heterocycles. The van der Waals surface area contributed by atoms with Gasteiger partial charge in [0.2, 0.25) is 5.91 Å². The van der Waals surface area contributed by atoms with Crippen LogP contribution in [0.2, 0.25) is 0 Å². The Balaban J connectivity index is 1.70. The molecule has 1 saturated carbocycles. The maximum Gasteiger partial charge on any atom is 0.227 e.